The normalized spacial score (nSPS) is 11.0. The van der Waals surface area contributed by atoms with E-state index in [4.69, 9.17) is 11.5 Å². The van der Waals surface area contributed by atoms with Crippen LogP contribution in [0.1, 0.15) is 64.2 Å². The van der Waals surface area contributed by atoms with E-state index in [1.165, 1.54) is 51.4 Å². The van der Waals surface area contributed by atoms with Crippen molar-refractivity contribution in [2.24, 2.45) is 11.5 Å². The molecule has 22 heavy (non-hydrogen) atoms. The molecule has 0 amide bonds. The molecular formula is C18H38N4. The first-order valence-corrected chi connectivity index (χ1v) is 9.03. The van der Waals surface area contributed by atoms with Crippen molar-refractivity contribution in [3.05, 3.63) is 25.2 Å². The molecule has 5 N–H and O–H groups in total. The summed E-state index contributed by atoms with van der Waals surface area (Å²) in [6.07, 6.45) is 18.4. The van der Waals surface area contributed by atoms with Gasteiger partial charge >= 0.3 is 0 Å². The number of rotatable bonds is 17. The van der Waals surface area contributed by atoms with Crippen LogP contribution in [-0.2, 0) is 0 Å². The molecule has 0 radical (unpaired) electrons. The standard InChI is InChI=1S/C18H38N4/c1-2-22(17-12-8-4-6-10-14-20)18-16-21-15-11-7-3-5-9-13-19/h2,16,18,21H,1,3-15,17,19-20H2/b18-16-. The summed E-state index contributed by atoms with van der Waals surface area (Å²) in [5, 5.41) is 3.35. The predicted octanol–water partition coefficient (Wildman–Crippen LogP) is 3.31. The first kappa shape index (κ1) is 21.0. The summed E-state index contributed by atoms with van der Waals surface area (Å²) in [5.74, 6) is 0. The van der Waals surface area contributed by atoms with Crippen LogP contribution in [0, 0.1) is 0 Å². The van der Waals surface area contributed by atoms with Crippen molar-refractivity contribution < 1.29 is 0 Å². The lowest BCUT2D eigenvalue weighted by Crippen LogP contribution is -2.14. The van der Waals surface area contributed by atoms with Crippen molar-refractivity contribution in [2.75, 3.05) is 26.2 Å². The van der Waals surface area contributed by atoms with Gasteiger partial charge in [0.15, 0.2) is 0 Å². The molecule has 4 heteroatoms. The van der Waals surface area contributed by atoms with Crippen LogP contribution in [0.2, 0.25) is 0 Å². The summed E-state index contributed by atoms with van der Waals surface area (Å²) >= 11 is 0. The molecule has 0 aromatic rings. The lowest BCUT2D eigenvalue weighted by Gasteiger charge is -2.14. The van der Waals surface area contributed by atoms with Crippen LogP contribution in [-0.4, -0.2) is 31.1 Å². The molecule has 0 aromatic heterocycles. The minimum Gasteiger partial charge on any atom is -0.390 e. The van der Waals surface area contributed by atoms with Crippen LogP contribution in [0.15, 0.2) is 25.2 Å². The van der Waals surface area contributed by atoms with Crippen LogP contribution in [0.25, 0.3) is 0 Å². The molecule has 0 fully saturated rings. The molecule has 0 atom stereocenters. The summed E-state index contributed by atoms with van der Waals surface area (Å²) in [4.78, 5) is 2.15. The van der Waals surface area contributed by atoms with Gasteiger partial charge in [-0.1, -0.05) is 45.1 Å². The Kier molecular flexibility index (Phi) is 17.2. The Morgan fingerprint density at radius 1 is 0.773 bits per heavy atom. The minimum absolute atomic E-state index is 0.820. The Balaban J connectivity index is 3.44. The summed E-state index contributed by atoms with van der Waals surface area (Å²) < 4.78 is 0. The van der Waals surface area contributed by atoms with Gasteiger partial charge in [0.25, 0.3) is 0 Å². The van der Waals surface area contributed by atoms with E-state index in [1.807, 2.05) is 12.4 Å². The molecule has 0 aliphatic heterocycles. The highest BCUT2D eigenvalue weighted by Gasteiger charge is 1.94. The molecule has 0 saturated carbocycles. The Labute approximate surface area is 138 Å². The number of nitrogens with two attached hydrogens (primary N) is 2. The van der Waals surface area contributed by atoms with Crippen molar-refractivity contribution >= 4 is 0 Å². The predicted molar refractivity (Wildman–Crippen MR) is 98.3 cm³/mol. The smallest absolute Gasteiger partial charge is 0.0219 e. The molecular weight excluding hydrogens is 272 g/mol. The van der Waals surface area contributed by atoms with E-state index in [0.29, 0.717) is 0 Å². The van der Waals surface area contributed by atoms with Gasteiger partial charge in [0, 0.05) is 25.5 Å². The van der Waals surface area contributed by atoms with Crippen LogP contribution in [0.4, 0.5) is 0 Å². The molecule has 0 aliphatic carbocycles. The molecule has 0 unspecified atom stereocenters. The third kappa shape index (κ3) is 15.4. The molecule has 0 aromatic carbocycles. The number of unbranched alkanes of at least 4 members (excludes halogenated alkanes) is 8. The van der Waals surface area contributed by atoms with Gasteiger partial charge in [0.1, 0.15) is 0 Å². The first-order valence-electron chi connectivity index (χ1n) is 9.03. The van der Waals surface area contributed by atoms with E-state index in [1.54, 1.807) is 0 Å². The fourth-order valence-electron chi connectivity index (χ4n) is 2.33. The third-order valence-corrected chi connectivity index (χ3v) is 3.76. The summed E-state index contributed by atoms with van der Waals surface area (Å²) in [5.41, 5.74) is 11.0. The van der Waals surface area contributed by atoms with Gasteiger partial charge in [-0.3, -0.25) is 0 Å². The summed E-state index contributed by atoms with van der Waals surface area (Å²) in [7, 11) is 0. The van der Waals surface area contributed by atoms with E-state index in [-0.39, 0.29) is 0 Å². The number of hydrogen-bond donors (Lipinski definition) is 3. The fourth-order valence-corrected chi connectivity index (χ4v) is 2.33. The van der Waals surface area contributed by atoms with Gasteiger partial charge in [0.2, 0.25) is 0 Å². The fraction of sp³-hybridized carbons (Fsp3) is 0.778. The SMILES string of the molecule is C=CN(/C=C\NCCCCCCCN)CCCCCCCN. The molecule has 0 bridgehead atoms. The highest BCUT2D eigenvalue weighted by atomic mass is 15.1. The maximum atomic E-state index is 5.49. The van der Waals surface area contributed by atoms with Crippen LogP contribution >= 0.6 is 0 Å². The van der Waals surface area contributed by atoms with Crippen molar-refractivity contribution in [3.8, 4) is 0 Å². The van der Waals surface area contributed by atoms with E-state index in [2.05, 4.69) is 23.0 Å². The minimum atomic E-state index is 0.820. The zero-order chi connectivity index (χ0) is 16.3. The summed E-state index contributed by atoms with van der Waals surface area (Å²) in [6.45, 7) is 7.60. The van der Waals surface area contributed by atoms with E-state index in [9.17, 15) is 0 Å². The quantitative estimate of drug-likeness (QED) is 0.361. The van der Waals surface area contributed by atoms with Gasteiger partial charge < -0.3 is 21.7 Å². The van der Waals surface area contributed by atoms with Gasteiger partial charge in [0.05, 0.1) is 0 Å². The monoisotopic (exact) mass is 310 g/mol. The topological polar surface area (TPSA) is 67.3 Å². The molecule has 0 aliphatic rings. The largest absolute Gasteiger partial charge is 0.390 e. The maximum absolute atomic E-state index is 5.49. The van der Waals surface area contributed by atoms with Crippen molar-refractivity contribution in [3.63, 3.8) is 0 Å². The number of nitrogens with zero attached hydrogens (tertiary/aromatic N) is 1. The average Bonchev–Trinajstić information content (AvgIpc) is 2.54. The van der Waals surface area contributed by atoms with Crippen LogP contribution < -0.4 is 16.8 Å². The van der Waals surface area contributed by atoms with Crippen molar-refractivity contribution in [1.82, 2.24) is 10.2 Å². The van der Waals surface area contributed by atoms with E-state index in [0.717, 1.165) is 39.0 Å². The molecule has 0 rings (SSSR count). The Hall–Kier alpha value is -1.00. The van der Waals surface area contributed by atoms with Crippen LogP contribution in [0.3, 0.4) is 0 Å². The van der Waals surface area contributed by atoms with Gasteiger partial charge in [-0.05, 0) is 45.0 Å². The molecule has 130 valence electrons. The molecule has 0 heterocycles. The lowest BCUT2D eigenvalue weighted by atomic mass is 10.1. The van der Waals surface area contributed by atoms with Crippen molar-refractivity contribution in [2.45, 2.75) is 64.2 Å². The number of hydrogen-bond acceptors (Lipinski definition) is 4. The Morgan fingerprint density at radius 2 is 1.32 bits per heavy atom. The van der Waals surface area contributed by atoms with Gasteiger partial charge in [-0.25, -0.2) is 0 Å². The Bertz CT molecular complexity index is 253. The second kappa shape index (κ2) is 18.1. The van der Waals surface area contributed by atoms with Crippen molar-refractivity contribution in [1.29, 1.82) is 0 Å². The Morgan fingerprint density at radius 3 is 1.91 bits per heavy atom. The van der Waals surface area contributed by atoms with Gasteiger partial charge in [-0.15, -0.1) is 0 Å². The molecule has 0 spiro atoms. The summed E-state index contributed by atoms with van der Waals surface area (Å²) in [6, 6.07) is 0. The lowest BCUT2D eigenvalue weighted by molar-refractivity contribution is 0.465. The third-order valence-electron chi connectivity index (χ3n) is 3.76. The second-order valence-electron chi connectivity index (χ2n) is 5.80. The zero-order valence-electron chi connectivity index (χ0n) is 14.4. The molecule has 0 saturated heterocycles. The zero-order valence-corrected chi connectivity index (χ0v) is 14.4. The van der Waals surface area contributed by atoms with E-state index < -0.39 is 0 Å². The second-order valence-corrected chi connectivity index (χ2v) is 5.80. The first-order chi connectivity index (χ1) is 10.8. The highest BCUT2D eigenvalue weighted by Crippen LogP contribution is 2.04. The highest BCUT2D eigenvalue weighted by molar-refractivity contribution is 4.86. The van der Waals surface area contributed by atoms with Gasteiger partial charge in [-0.2, -0.15) is 0 Å². The average molecular weight is 311 g/mol. The van der Waals surface area contributed by atoms with Crippen LogP contribution in [0.5, 0.6) is 0 Å². The number of nitrogens with one attached hydrogen (secondary N) is 1. The molecule has 4 nitrogen and oxygen atoms in total. The maximum Gasteiger partial charge on any atom is 0.0219 e. The van der Waals surface area contributed by atoms with E-state index >= 15 is 0 Å².